The Morgan fingerprint density at radius 3 is 2.67 bits per heavy atom. The Morgan fingerprint density at radius 1 is 1.33 bits per heavy atom. The van der Waals surface area contributed by atoms with Gasteiger partial charge in [-0.05, 0) is 19.5 Å². The van der Waals surface area contributed by atoms with Gasteiger partial charge in [0.2, 0.25) is 0 Å². The Kier molecular flexibility index (Phi) is 6.83. The first-order valence-corrected chi connectivity index (χ1v) is 6.64. The summed E-state index contributed by atoms with van der Waals surface area (Å²) in [6.07, 6.45) is 2.72. The van der Waals surface area contributed by atoms with E-state index in [0.29, 0.717) is 11.6 Å². The second-order valence-electron chi connectivity index (χ2n) is 3.90. The highest BCUT2D eigenvalue weighted by Crippen LogP contribution is 2.29. The van der Waals surface area contributed by atoms with Crippen LogP contribution in [-0.2, 0) is 6.54 Å². The molecule has 0 unspecified atom stereocenters. The summed E-state index contributed by atoms with van der Waals surface area (Å²) < 4.78 is 10.6. The van der Waals surface area contributed by atoms with Crippen LogP contribution in [0.3, 0.4) is 0 Å². The van der Waals surface area contributed by atoms with Gasteiger partial charge in [0.25, 0.3) is 0 Å². The lowest BCUT2D eigenvalue weighted by Crippen LogP contribution is -2.25. The molecule has 1 aromatic rings. The smallest absolute Gasteiger partial charge is 0.183 e. The van der Waals surface area contributed by atoms with E-state index in [1.165, 1.54) is 0 Å². The lowest BCUT2D eigenvalue weighted by molar-refractivity contribution is 0.268. The van der Waals surface area contributed by atoms with Crippen LogP contribution in [0.25, 0.3) is 0 Å². The molecule has 102 valence electrons. The van der Waals surface area contributed by atoms with E-state index in [0.717, 1.165) is 37.5 Å². The van der Waals surface area contributed by atoms with Crippen molar-refractivity contribution < 1.29 is 9.47 Å². The molecule has 0 aliphatic heterocycles. The topological polar surface area (TPSA) is 34.6 Å². The molecule has 0 saturated heterocycles. The van der Waals surface area contributed by atoms with Gasteiger partial charge in [0.15, 0.2) is 11.5 Å². The lowest BCUT2D eigenvalue weighted by Gasteiger charge is -2.21. The van der Waals surface area contributed by atoms with Crippen molar-refractivity contribution in [3.05, 3.63) is 18.0 Å². The third-order valence-corrected chi connectivity index (χ3v) is 3.06. The Labute approximate surface area is 114 Å². The lowest BCUT2D eigenvalue weighted by atomic mass is 10.2. The Bertz CT molecular complexity index is 361. The average Bonchev–Trinajstić information content (AvgIpc) is 2.42. The molecular formula is C13H21ClN2O2. The molecule has 5 heteroatoms. The van der Waals surface area contributed by atoms with Crippen molar-refractivity contribution in [3.8, 4) is 11.5 Å². The maximum Gasteiger partial charge on any atom is 0.183 e. The predicted molar refractivity (Wildman–Crippen MR) is 73.6 cm³/mol. The summed E-state index contributed by atoms with van der Waals surface area (Å²) in [5.41, 5.74) is 0.897. The number of methoxy groups -OCH3 is 2. The van der Waals surface area contributed by atoms with E-state index in [-0.39, 0.29) is 0 Å². The van der Waals surface area contributed by atoms with Crippen molar-refractivity contribution in [2.45, 2.75) is 19.9 Å². The number of rotatable bonds is 8. The van der Waals surface area contributed by atoms with Gasteiger partial charge in [-0.25, -0.2) is 0 Å². The van der Waals surface area contributed by atoms with Gasteiger partial charge in [-0.1, -0.05) is 6.92 Å². The number of ether oxygens (including phenoxy) is 2. The van der Waals surface area contributed by atoms with Gasteiger partial charge in [-0.3, -0.25) is 9.88 Å². The van der Waals surface area contributed by atoms with E-state index < -0.39 is 0 Å². The van der Waals surface area contributed by atoms with Gasteiger partial charge in [0.05, 0.1) is 14.2 Å². The normalized spacial score (nSPS) is 10.7. The molecule has 0 aromatic carbocycles. The number of halogens is 1. The van der Waals surface area contributed by atoms with Crippen molar-refractivity contribution in [3.63, 3.8) is 0 Å². The summed E-state index contributed by atoms with van der Waals surface area (Å²) in [6, 6.07) is 1.80. The summed E-state index contributed by atoms with van der Waals surface area (Å²) in [5, 5.41) is 0. The number of alkyl halides is 1. The van der Waals surface area contributed by atoms with Crippen LogP contribution in [0.1, 0.15) is 19.0 Å². The van der Waals surface area contributed by atoms with Crippen LogP contribution < -0.4 is 9.47 Å². The van der Waals surface area contributed by atoms with Crippen molar-refractivity contribution >= 4 is 11.6 Å². The number of hydrogen-bond acceptors (Lipinski definition) is 4. The Balaban J connectivity index is 2.81. The molecule has 4 nitrogen and oxygen atoms in total. The maximum atomic E-state index is 5.72. The number of hydrogen-bond donors (Lipinski definition) is 0. The first kappa shape index (κ1) is 15.1. The van der Waals surface area contributed by atoms with Crippen LogP contribution in [0.5, 0.6) is 11.5 Å². The Hall–Kier alpha value is -1.00. The maximum absolute atomic E-state index is 5.72. The zero-order chi connectivity index (χ0) is 13.4. The molecule has 0 N–H and O–H groups in total. The third-order valence-electron chi connectivity index (χ3n) is 2.79. The van der Waals surface area contributed by atoms with E-state index in [2.05, 4.69) is 16.8 Å². The zero-order valence-corrected chi connectivity index (χ0v) is 12.0. The van der Waals surface area contributed by atoms with Crippen molar-refractivity contribution in [2.75, 3.05) is 33.2 Å². The minimum atomic E-state index is 0.680. The summed E-state index contributed by atoms with van der Waals surface area (Å²) in [6.45, 7) is 4.79. The highest BCUT2D eigenvalue weighted by atomic mass is 35.5. The molecular weight excluding hydrogens is 252 g/mol. The molecule has 1 heterocycles. The molecule has 0 aliphatic rings. The van der Waals surface area contributed by atoms with E-state index in [4.69, 9.17) is 21.1 Å². The molecule has 1 aromatic heterocycles. The van der Waals surface area contributed by atoms with Crippen LogP contribution in [0, 0.1) is 0 Å². The SMILES string of the molecule is CCN(CCCCl)Cc1nccc(OC)c1OC. The van der Waals surface area contributed by atoms with Gasteiger partial charge in [-0.15, -0.1) is 11.6 Å². The van der Waals surface area contributed by atoms with E-state index in [1.54, 1.807) is 26.5 Å². The largest absolute Gasteiger partial charge is 0.493 e. The molecule has 0 fully saturated rings. The summed E-state index contributed by atoms with van der Waals surface area (Å²) in [7, 11) is 3.27. The summed E-state index contributed by atoms with van der Waals surface area (Å²) in [4.78, 5) is 6.66. The molecule has 0 radical (unpaired) electrons. The fourth-order valence-electron chi connectivity index (χ4n) is 1.81. The minimum absolute atomic E-state index is 0.680. The molecule has 18 heavy (non-hydrogen) atoms. The van der Waals surface area contributed by atoms with Crippen molar-refractivity contribution in [2.24, 2.45) is 0 Å². The van der Waals surface area contributed by atoms with E-state index in [1.807, 2.05) is 0 Å². The molecule has 1 rings (SSSR count). The fraction of sp³-hybridized carbons (Fsp3) is 0.615. The molecule has 0 amide bonds. The van der Waals surface area contributed by atoms with Crippen LogP contribution >= 0.6 is 11.6 Å². The molecule has 0 spiro atoms. The predicted octanol–water partition coefficient (Wildman–Crippen LogP) is 2.55. The first-order chi connectivity index (χ1) is 8.76. The van der Waals surface area contributed by atoms with Crippen LogP contribution in [0.2, 0.25) is 0 Å². The second-order valence-corrected chi connectivity index (χ2v) is 4.28. The quantitative estimate of drug-likeness (QED) is 0.681. The van der Waals surface area contributed by atoms with E-state index in [9.17, 15) is 0 Å². The van der Waals surface area contributed by atoms with Crippen LogP contribution in [0.4, 0.5) is 0 Å². The van der Waals surface area contributed by atoms with Crippen molar-refractivity contribution in [1.29, 1.82) is 0 Å². The fourth-order valence-corrected chi connectivity index (χ4v) is 1.93. The van der Waals surface area contributed by atoms with Crippen LogP contribution in [-0.4, -0.2) is 43.1 Å². The molecule has 0 saturated carbocycles. The molecule has 0 atom stereocenters. The van der Waals surface area contributed by atoms with Gasteiger partial charge < -0.3 is 9.47 Å². The standard InChI is InChI=1S/C13H21ClN2O2/c1-4-16(9-5-7-14)10-11-13(18-3)12(17-2)6-8-15-11/h6,8H,4-5,7,9-10H2,1-3H3. The van der Waals surface area contributed by atoms with Gasteiger partial charge >= 0.3 is 0 Å². The van der Waals surface area contributed by atoms with Crippen LogP contribution in [0.15, 0.2) is 12.3 Å². The Morgan fingerprint density at radius 2 is 2.11 bits per heavy atom. The van der Waals surface area contributed by atoms with Gasteiger partial charge in [0, 0.05) is 24.7 Å². The first-order valence-electron chi connectivity index (χ1n) is 6.11. The summed E-state index contributed by atoms with van der Waals surface area (Å²) in [5.74, 6) is 2.11. The number of aromatic nitrogens is 1. The number of nitrogens with zero attached hydrogens (tertiary/aromatic N) is 2. The summed E-state index contributed by atoms with van der Waals surface area (Å²) >= 11 is 5.72. The molecule has 0 aliphatic carbocycles. The van der Waals surface area contributed by atoms with E-state index >= 15 is 0 Å². The molecule has 0 bridgehead atoms. The zero-order valence-electron chi connectivity index (χ0n) is 11.3. The van der Waals surface area contributed by atoms with Gasteiger partial charge in [-0.2, -0.15) is 0 Å². The highest BCUT2D eigenvalue weighted by molar-refractivity contribution is 6.17. The third kappa shape index (κ3) is 4.03. The number of pyridine rings is 1. The second kappa shape index (κ2) is 8.16. The monoisotopic (exact) mass is 272 g/mol. The highest BCUT2D eigenvalue weighted by Gasteiger charge is 2.13. The minimum Gasteiger partial charge on any atom is -0.493 e. The average molecular weight is 273 g/mol. The van der Waals surface area contributed by atoms with Gasteiger partial charge in [0.1, 0.15) is 5.69 Å². The van der Waals surface area contributed by atoms with Crippen molar-refractivity contribution in [1.82, 2.24) is 9.88 Å².